The second-order valence-electron chi connectivity index (χ2n) is 3.76. The Kier molecular flexibility index (Phi) is 3.10. The van der Waals surface area contributed by atoms with Gasteiger partial charge in [-0.15, -0.1) is 0 Å². The van der Waals surface area contributed by atoms with E-state index in [0.717, 1.165) is 24.5 Å². The third kappa shape index (κ3) is 2.53. The van der Waals surface area contributed by atoms with E-state index < -0.39 is 0 Å². The number of hydrogen-bond acceptors (Lipinski definition) is 3. The van der Waals surface area contributed by atoms with Crippen molar-refractivity contribution in [3.8, 4) is 0 Å². The molecule has 0 saturated heterocycles. The molecule has 1 aromatic carbocycles. The van der Waals surface area contributed by atoms with Crippen molar-refractivity contribution in [3.05, 3.63) is 42.1 Å². The number of rotatable bonds is 4. The molecule has 1 heterocycles. The molecule has 0 saturated carbocycles. The zero-order valence-electron chi connectivity index (χ0n) is 9.35. The molecule has 0 radical (unpaired) electrons. The second kappa shape index (κ2) is 4.70. The van der Waals surface area contributed by atoms with E-state index in [0.29, 0.717) is 0 Å². The van der Waals surface area contributed by atoms with Crippen LogP contribution in [0.4, 0.5) is 11.5 Å². The molecule has 1 aromatic heterocycles. The van der Waals surface area contributed by atoms with Crippen molar-refractivity contribution in [3.63, 3.8) is 0 Å². The smallest absolute Gasteiger partial charge is 0.123 e. The van der Waals surface area contributed by atoms with Gasteiger partial charge >= 0.3 is 0 Å². The van der Waals surface area contributed by atoms with Crippen LogP contribution in [0.2, 0.25) is 0 Å². The highest BCUT2D eigenvalue weighted by molar-refractivity contribution is 5.41. The SMILES string of the molecule is Cn1nccc1NCCc1cccc(N)c1. The monoisotopic (exact) mass is 216 g/mol. The largest absolute Gasteiger partial charge is 0.399 e. The Morgan fingerprint density at radius 3 is 2.94 bits per heavy atom. The average Bonchev–Trinajstić information content (AvgIpc) is 2.65. The summed E-state index contributed by atoms with van der Waals surface area (Å²) in [5, 5.41) is 7.41. The molecule has 0 aliphatic heterocycles. The number of benzene rings is 1. The lowest BCUT2D eigenvalue weighted by Gasteiger charge is -2.06. The first-order valence-electron chi connectivity index (χ1n) is 5.32. The molecule has 84 valence electrons. The Hall–Kier alpha value is -1.97. The summed E-state index contributed by atoms with van der Waals surface area (Å²) < 4.78 is 1.82. The number of nitrogens with one attached hydrogen (secondary N) is 1. The molecule has 0 bridgehead atoms. The number of anilines is 2. The number of aromatic nitrogens is 2. The molecule has 0 aliphatic rings. The zero-order chi connectivity index (χ0) is 11.4. The summed E-state index contributed by atoms with van der Waals surface area (Å²) in [7, 11) is 1.92. The van der Waals surface area contributed by atoms with Crippen molar-refractivity contribution < 1.29 is 0 Å². The molecule has 0 amide bonds. The molecule has 2 aromatic rings. The number of aryl methyl sites for hydroxylation is 1. The molecule has 3 N–H and O–H groups in total. The van der Waals surface area contributed by atoms with Crippen LogP contribution in [0.15, 0.2) is 36.5 Å². The van der Waals surface area contributed by atoms with E-state index in [1.165, 1.54) is 5.56 Å². The zero-order valence-corrected chi connectivity index (χ0v) is 9.35. The minimum Gasteiger partial charge on any atom is -0.399 e. The Labute approximate surface area is 95.1 Å². The molecule has 4 nitrogen and oxygen atoms in total. The standard InChI is InChI=1S/C12H16N4/c1-16-12(6-8-15-16)14-7-5-10-3-2-4-11(13)9-10/h2-4,6,8-9,14H,5,7,13H2,1H3. The third-order valence-corrected chi connectivity index (χ3v) is 2.49. The highest BCUT2D eigenvalue weighted by Gasteiger charge is 1.97. The minimum absolute atomic E-state index is 0.818. The van der Waals surface area contributed by atoms with Crippen LogP contribution >= 0.6 is 0 Å². The van der Waals surface area contributed by atoms with E-state index in [1.54, 1.807) is 6.20 Å². The van der Waals surface area contributed by atoms with Crippen LogP contribution in [0, 0.1) is 0 Å². The minimum atomic E-state index is 0.818. The van der Waals surface area contributed by atoms with Crippen molar-refractivity contribution in [1.29, 1.82) is 0 Å². The lowest BCUT2D eigenvalue weighted by atomic mass is 10.1. The summed E-state index contributed by atoms with van der Waals surface area (Å²) in [4.78, 5) is 0. The molecule has 0 unspecified atom stereocenters. The van der Waals surface area contributed by atoms with Crippen molar-refractivity contribution in [2.24, 2.45) is 7.05 Å². The summed E-state index contributed by atoms with van der Waals surface area (Å²) in [6.45, 7) is 0.878. The Morgan fingerprint density at radius 2 is 2.25 bits per heavy atom. The molecular weight excluding hydrogens is 200 g/mol. The van der Waals surface area contributed by atoms with Crippen molar-refractivity contribution in [2.45, 2.75) is 6.42 Å². The number of nitrogens with zero attached hydrogens (tertiary/aromatic N) is 2. The first-order valence-corrected chi connectivity index (χ1v) is 5.32. The van der Waals surface area contributed by atoms with Crippen LogP contribution < -0.4 is 11.1 Å². The van der Waals surface area contributed by atoms with Crippen LogP contribution in [0.1, 0.15) is 5.56 Å². The summed E-state index contributed by atoms with van der Waals surface area (Å²) in [6.07, 6.45) is 2.74. The van der Waals surface area contributed by atoms with Gasteiger partial charge in [0, 0.05) is 25.3 Å². The quantitative estimate of drug-likeness (QED) is 0.764. The predicted octanol–water partition coefficient (Wildman–Crippen LogP) is 1.66. The topological polar surface area (TPSA) is 55.9 Å². The normalized spacial score (nSPS) is 10.3. The maximum Gasteiger partial charge on any atom is 0.123 e. The Bertz CT molecular complexity index is 462. The van der Waals surface area contributed by atoms with Gasteiger partial charge in [0.15, 0.2) is 0 Å². The Balaban J connectivity index is 1.87. The lowest BCUT2D eigenvalue weighted by molar-refractivity contribution is 0.768. The van der Waals surface area contributed by atoms with Gasteiger partial charge in [-0.2, -0.15) is 5.10 Å². The van der Waals surface area contributed by atoms with E-state index in [1.807, 2.05) is 36.0 Å². The first kappa shape index (κ1) is 10.5. The lowest BCUT2D eigenvalue weighted by Crippen LogP contribution is -2.08. The molecule has 0 aliphatic carbocycles. The van der Waals surface area contributed by atoms with E-state index in [-0.39, 0.29) is 0 Å². The highest BCUT2D eigenvalue weighted by Crippen LogP contribution is 2.08. The number of nitrogen functional groups attached to an aromatic ring is 1. The maximum absolute atomic E-state index is 5.71. The van der Waals surface area contributed by atoms with E-state index in [4.69, 9.17) is 5.73 Å². The van der Waals surface area contributed by atoms with Gasteiger partial charge < -0.3 is 11.1 Å². The van der Waals surface area contributed by atoms with Crippen molar-refractivity contribution >= 4 is 11.5 Å². The summed E-state index contributed by atoms with van der Waals surface area (Å²) in [5.41, 5.74) is 7.78. The fourth-order valence-electron chi connectivity index (χ4n) is 1.63. The maximum atomic E-state index is 5.71. The van der Waals surface area contributed by atoms with Crippen LogP contribution in [0.25, 0.3) is 0 Å². The van der Waals surface area contributed by atoms with E-state index in [2.05, 4.69) is 16.5 Å². The van der Waals surface area contributed by atoms with Gasteiger partial charge in [0.1, 0.15) is 5.82 Å². The van der Waals surface area contributed by atoms with Gasteiger partial charge in [0.25, 0.3) is 0 Å². The summed E-state index contributed by atoms with van der Waals surface area (Å²) in [5.74, 6) is 1.03. The number of nitrogens with two attached hydrogens (primary N) is 1. The molecular formula is C12H16N4. The average molecular weight is 216 g/mol. The number of hydrogen-bond donors (Lipinski definition) is 2. The third-order valence-electron chi connectivity index (χ3n) is 2.49. The van der Waals surface area contributed by atoms with Gasteiger partial charge in [-0.05, 0) is 24.1 Å². The van der Waals surface area contributed by atoms with Gasteiger partial charge in [-0.1, -0.05) is 12.1 Å². The van der Waals surface area contributed by atoms with Gasteiger partial charge in [0.05, 0.1) is 6.20 Å². The van der Waals surface area contributed by atoms with Crippen LogP contribution in [0.5, 0.6) is 0 Å². The van der Waals surface area contributed by atoms with E-state index >= 15 is 0 Å². The first-order chi connectivity index (χ1) is 7.75. The second-order valence-corrected chi connectivity index (χ2v) is 3.76. The molecule has 16 heavy (non-hydrogen) atoms. The van der Waals surface area contributed by atoms with Gasteiger partial charge in [0.2, 0.25) is 0 Å². The molecule has 4 heteroatoms. The van der Waals surface area contributed by atoms with Crippen LogP contribution in [0.3, 0.4) is 0 Å². The summed E-state index contributed by atoms with van der Waals surface area (Å²) >= 11 is 0. The fraction of sp³-hybridized carbons (Fsp3) is 0.250. The van der Waals surface area contributed by atoms with Crippen molar-refractivity contribution in [1.82, 2.24) is 9.78 Å². The van der Waals surface area contributed by atoms with Gasteiger partial charge in [-0.3, -0.25) is 4.68 Å². The fourth-order valence-corrected chi connectivity index (χ4v) is 1.63. The van der Waals surface area contributed by atoms with Gasteiger partial charge in [-0.25, -0.2) is 0 Å². The molecule has 2 rings (SSSR count). The van der Waals surface area contributed by atoms with E-state index in [9.17, 15) is 0 Å². The molecule has 0 atom stereocenters. The summed E-state index contributed by atoms with van der Waals surface area (Å²) in [6, 6.07) is 9.93. The highest BCUT2D eigenvalue weighted by atomic mass is 15.3. The molecule has 0 fully saturated rings. The Morgan fingerprint density at radius 1 is 1.38 bits per heavy atom. The predicted molar refractivity (Wildman–Crippen MR) is 66.3 cm³/mol. The van der Waals surface area contributed by atoms with Crippen LogP contribution in [-0.4, -0.2) is 16.3 Å². The van der Waals surface area contributed by atoms with Crippen molar-refractivity contribution in [2.75, 3.05) is 17.6 Å². The van der Waals surface area contributed by atoms with Crippen LogP contribution in [-0.2, 0) is 13.5 Å². The molecule has 0 spiro atoms.